The summed E-state index contributed by atoms with van der Waals surface area (Å²) in [5.41, 5.74) is 0. The van der Waals surface area contributed by atoms with Gasteiger partial charge in [-0.2, -0.15) is 0 Å². The van der Waals surface area contributed by atoms with E-state index in [0.29, 0.717) is 6.61 Å². The molecule has 1 aliphatic rings. The summed E-state index contributed by atoms with van der Waals surface area (Å²) in [4.78, 5) is 3.86. The molecular weight excluding hydrogens is 163 g/mol. The zero-order chi connectivity index (χ0) is 9.14. The first kappa shape index (κ1) is 9.89. The number of rotatable bonds is 3. The molecule has 0 aromatic heterocycles. The topological polar surface area (TPSA) is 38.7 Å². The van der Waals surface area contributed by atoms with Crippen LogP contribution >= 0.6 is 0 Å². The van der Waals surface area contributed by atoms with Crippen molar-refractivity contribution in [3.8, 4) is 0 Å². The van der Waals surface area contributed by atoms with E-state index in [1.165, 1.54) is 0 Å². The third-order valence-electron chi connectivity index (χ3n) is 2.36. The van der Waals surface area contributed by atoms with Crippen molar-refractivity contribution in [3.63, 3.8) is 0 Å². The SMILES string of the molecule is CC(C)[C@H]1CO[C@H](COO)[C@H]1F. The molecule has 3 nitrogen and oxygen atoms in total. The standard InChI is InChI=1S/C8H15FO3/c1-5(2)6-3-11-7(4-12-10)8(6)9/h5-8,10H,3-4H2,1-2H3/t6-,7-,8+/m1/s1. The Morgan fingerprint density at radius 3 is 2.75 bits per heavy atom. The highest BCUT2D eigenvalue weighted by Gasteiger charge is 2.39. The molecule has 0 amide bonds. The average Bonchev–Trinajstić information content (AvgIpc) is 2.34. The first-order valence-electron chi connectivity index (χ1n) is 4.19. The van der Waals surface area contributed by atoms with Gasteiger partial charge in [-0.3, -0.25) is 5.26 Å². The van der Waals surface area contributed by atoms with Crippen LogP contribution in [0.1, 0.15) is 13.8 Å². The van der Waals surface area contributed by atoms with Crippen LogP contribution < -0.4 is 0 Å². The van der Waals surface area contributed by atoms with Gasteiger partial charge in [-0.05, 0) is 5.92 Å². The molecule has 1 heterocycles. The summed E-state index contributed by atoms with van der Waals surface area (Å²) in [6, 6.07) is 0. The van der Waals surface area contributed by atoms with Crippen molar-refractivity contribution >= 4 is 0 Å². The number of halogens is 1. The van der Waals surface area contributed by atoms with Gasteiger partial charge in [-0.25, -0.2) is 9.28 Å². The highest BCUT2D eigenvalue weighted by Crippen LogP contribution is 2.29. The van der Waals surface area contributed by atoms with Crippen LogP contribution in [0.15, 0.2) is 0 Å². The Labute approximate surface area is 71.4 Å². The van der Waals surface area contributed by atoms with Crippen molar-refractivity contribution < 1.29 is 19.3 Å². The fourth-order valence-corrected chi connectivity index (χ4v) is 1.47. The minimum Gasteiger partial charge on any atom is -0.372 e. The highest BCUT2D eigenvalue weighted by atomic mass is 19.1. The smallest absolute Gasteiger partial charge is 0.134 e. The van der Waals surface area contributed by atoms with Crippen molar-refractivity contribution in [1.82, 2.24) is 0 Å². The second-order valence-corrected chi connectivity index (χ2v) is 3.52. The molecular formula is C8H15FO3. The number of hydrogen-bond acceptors (Lipinski definition) is 3. The Bertz CT molecular complexity index is 140. The first-order chi connectivity index (χ1) is 5.66. The van der Waals surface area contributed by atoms with Gasteiger partial charge < -0.3 is 4.74 Å². The highest BCUT2D eigenvalue weighted by molar-refractivity contribution is 4.85. The maximum Gasteiger partial charge on any atom is 0.134 e. The van der Waals surface area contributed by atoms with Gasteiger partial charge in [-0.15, -0.1) is 0 Å². The Hall–Kier alpha value is -0.190. The van der Waals surface area contributed by atoms with Crippen LogP contribution in [0, 0.1) is 11.8 Å². The van der Waals surface area contributed by atoms with Crippen LogP contribution in [0.4, 0.5) is 4.39 Å². The number of ether oxygens (including phenoxy) is 1. The Morgan fingerprint density at radius 1 is 1.67 bits per heavy atom. The summed E-state index contributed by atoms with van der Waals surface area (Å²) in [6.45, 7) is 4.27. The molecule has 0 radical (unpaired) electrons. The Kier molecular flexibility index (Phi) is 3.43. The van der Waals surface area contributed by atoms with Crippen LogP contribution in [0.2, 0.25) is 0 Å². The van der Waals surface area contributed by atoms with Gasteiger partial charge in [0.1, 0.15) is 18.9 Å². The molecule has 0 aliphatic carbocycles. The van der Waals surface area contributed by atoms with Gasteiger partial charge in [0.05, 0.1) is 6.61 Å². The first-order valence-corrected chi connectivity index (χ1v) is 4.19. The van der Waals surface area contributed by atoms with Gasteiger partial charge in [0.2, 0.25) is 0 Å². The van der Waals surface area contributed by atoms with Crippen molar-refractivity contribution in [2.75, 3.05) is 13.2 Å². The van der Waals surface area contributed by atoms with Crippen molar-refractivity contribution in [2.24, 2.45) is 11.8 Å². The van der Waals surface area contributed by atoms with Crippen LogP contribution in [-0.4, -0.2) is 30.7 Å². The van der Waals surface area contributed by atoms with Gasteiger partial charge in [0.25, 0.3) is 0 Å². The third kappa shape index (κ3) is 1.94. The quantitative estimate of drug-likeness (QED) is 0.525. The van der Waals surface area contributed by atoms with E-state index < -0.39 is 12.3 Å². The maximum atomic E-state index is 13.4. The maximum absolute atomic E-state index is 13.4. The summed E-state index contributed by atoms with van der Waals surface area (Å²) in [5.74, 6) is 0.203. The molecule has 72 valence electrons. The summed E-state index contributed by atoms with van der Waals surface area (Å²) < 4.78 is 18.5. The second-order valence-electron chi connectivity index (χ2n) is 3.52. The van der Waals surface area contributed by atoms with Crippen LogP contribution in [-0.2, 0) is 9.62 Å². The van der Waals surface area contributed by atoms with Crippen molar-refractivity contribution in [2.45, 2.75) is 26.1 Å². The lowest BCUT2D eigenvalue weighted by Gasteiger charge is -2.16. The fourth-order valence-electron chi connectivity index (χ4n) is 1.47. The molecule has 12 heavy (non-hydrogen) atoms. The predicted octanol–water partition coefficient (Wildman–Crippen LogP) is 1.49. The second kappa shape index (κ2) is 4.16. The summed E-state index contributed by atoms with van der Waals surface area (Å²) in [5, 5.41) is 8.12. The van der Waals surface area contributed by atoms with Crippen molar-refractivity contribution in [1.29, 1.82) is 0 Å². The molecule has 1 saturated heterocycles. The molecule has 0 aromatic carbocycles. The van der Waals surface area contributed by atoms with E-state index in [4.69, 9.17) is 9.99 Å². The van der Waals surface area contributed by atoms with E-state index >= 15 is 0 Å². The fraction of sp³-hybridized carbons (Fsp3) is 1.00. The van der Waals surface area contributed by atoms with E-state index in [1.807, 2.05) is 13.8 Å². The van der Waals surface area contributed by atoms with Crippen molar-refractivity contribution in [3.05, 3.63) is 0 Å². The van der Waals surface area contributed by atoms with Gasteiger partial charge in [-0.1, -0.05) is 13.8 Å². The lowest BCUT2D eigenvalue weighted by molar-refractivity contribution is -0.259. The molecule has 4 heteroatoms. The monoisotopic (exact) mass is 178 g/mol. The van der Waals surface area contributed by atoms with Gasteiger partial charge >= 0.3 is 0 Å². The summed E-state index contributed by atoms with van der Waals surface area (Å²) >= 11 is 0. The zero-order valence-electron chi connectivity index (χ0n) is 7.37. The van der Waals surface area contributed by atoms with E-state index in [2.05, 4.69) is 4.89 Å². The molecule has 0 unspecified atom stereocenters. The van der Waals surface area contributed by atoms with E-state index in [0.717, 1.165) is 0 Å². The van der Waals surface area contributed by atoms with Crippen LogP contribution in [0.5, 0.6) is 0 Å². The van der Waals surface area contributed by atoms with Gasteiger partial charge in [0, 0.05) is 5.92 Å². The minimum absolute atomic E-state index is 0.0647. The molecule has 0 aromatic rings. The molecule has 0 bridgehead atoms. The van der Waals surface area contributed by atoms with E-state index in [1.54, 1.807) is 0 Å². The largest absolute Gasteiger partial charge is 0.372 e. The van der Waals surface area contributed by atoms with E-state index in [9.17, 15) is 4.39 Å². The molecule has 3 atom stereocenters. The van der Waals surface area contributed by atoms with Crippen LogP contribution in [0.25, 0.3) is 0 Å². The molecule has 1 N–H and O–H groups in total. The predicted molar refractivity (Wildman–Crippen MR) is 41.5 cm³/mol. The van der Waals surface area contributed by atoms with Gasteiger partial charge in [0.15, 0.2) is 0 Å². The Balaban J connectivity index is 2.43. The molecule has 1 aliphatic heterocycles. The summed E-state index contributed by atoms with van der Waals surface area (Å²) in [7, 11) is 0. The average molecular weight is 178 g/mol. The molecule has 1 fully saturated rings. The van der Waals surface area contributed by atoms with E-state index in [-0.39, 0.29) is 18.4 Å². The third-order valence-corrected chi connectivity index (χ3v) is 2.36. The zero-order valence-corrected chi connectivity index (χ0v) is 7.37. The lowest BCUT2D eigenvalue weighted by atomic mass is 9.92. The minimum atomic E-state index is -1.02. The molecule has 0 saturated carbocycles. The Morgan fingerprint density at radius 2 is 2.33 bits per heavy atom. The molecule has 0 spiro atoms. The summed E-state index contributed by atoms with van der Waals surface area (Å²) in [6.07, 6.45) is -1.61. The lowest BCUT2D eigenvalue weighted by Crippen LogP contribution is -2.28. The number of hydrogen-bond donors (Lipinski definition) is 1. The van der Waals surface area contributed by atoms with Crippen LogP contribution in [0.3, 0.4) is 0 Å². The number of alkyl halides is 1. The molecule has 1 rings (SSSR count). The normalized spacial score (nSPS) is 36.2.